The molecule has 0 aliphatic heterocycles. The molecule has 0 fully saturated rings. The van der Waals surface area contributed by atoms with Crippen LogP contribution >= 0.6 is 0 Å². The predicted molar refractivity (Wildman–Crippen MR) is 64.7 cm³/mol. The highest BCUT2D eigenvalue weighted by Gasteiger charge is 2.18. The molecule has 1 heterocycles. The Labute approximate surface area is 96.8 Å². The molecule has 0 aliphatic carbocycles. The maximum atomic E-state index is 11.7. The molecule has 0 aliphatic rings. The molecule has 90 valence electrons. The maximum Gasteiger partial charge on any atom is 0.237 e. The zero-order chi connectivity index (χ0) is 12.1. The summed E-state index contributed by atoms with van der Waals surface area (Å²) in [7, 11) is 1.95. The van der Waals surface area contributed by atoms with E-state index in [0.29, 0.717) is 6.54 Å². The first-order chi connectivity index (χ1) is 7.56. The summed E-state index contributed by atoms with van der Waals surface area (Å²) in [5.74, 6) is 0.143. The largest absolute Gasteiger partial charge is 0.353 e. The number of nitrogens with two attached hydrogens (primary N) is 1. The van der Waals surface area contributed by atoms with Crippen molar-refractivity contribution in [2.45, 2.75) is 32.9 Å². The highest BCUT2D eigenvalue weighted by atomic mass is 16.2. The Hall–Kier alpha value is -1.29. The van der Waals surface area contributed by atoms with Gasteiger partial charge in [-0.05, 0) is 18.1 Å². The summed E-state index contributed by atoms with van der Waals surface area (Å²) >= 11 is 0. The molecule has 16 heavy (non-hydrogen) atoms. The zero-order valence-corrected chi connectivity index (χ0v) is 10.2. The topological polar surface area (TPSA) is 60.1 Å². The summed E-state index contributed by atoms with van der Waals surface area (Å²) in [6, 6.07) is 3.52. The Morgan fingerprint density at radius 1 is 1.62 bits per heavy atom. The van der Waals surface area contributed by atoms with E-state index < -0.39 is 6.04 Å². The van der Waals surface area contributed by atoms with Gasteiger partial charge in [0.25, 0.3) is 0 Å². The summed E-state index contributed by atoms with van der Waals surface area (Å²) in [5, 5.41) is 2.86. The lowest BCUT2D eigenvalue weighted by atomic mass is 9.99. The van der Waals surface area contributed by atoms with Gasteiger partial charge in [0.05, 0.1) is 12.6 Å². The predicted octanol–water partition coefficient (Wildman–Crippen LogP) is 1.01. The van der Waals surface area contributed by atoms with Crippen molar-refractivity contribution in [3.63, 3.8) is 0 Å². The second-order valence-electron chi connectivity index (χ2n) is 4.24. The van der Waals surface area contributed by atoms with Gasteiger partial charge in [0.2, 0.25) is 5.91 Å². The van der Waals surface area contributed by atoms with Crippen molar-refractivity contribution in [1.29, 1.82) is 0 Å². The number of rotatable bonds is 5. The first-order valence-corrected chi connectivity index (χ1v) is 5.69. The minimum atomic E-state index is -0.412. The molecular formula is C12H21N3O. The minimum Gasteiger partial charge on any atom is -0.353 e. The highest BCUT2D eigenvalue weighted by molar-refractivity contribution is 5.81. The molecule has 1 amide bonds. The van der Waals surface area contributed by atoms with E-state index in [1.807, 2.05) is 43.8 Å². The molecule has 0 saturated heterocycles. The molecule has 0 bridgehead atoms. The Morgan fingerprint density at radius 2 is 2.31 bits per heavy atom. The van der Waals surface area contributed by atoms with Crippen molar-refractivity contribution >= 4 is 5.91 Å². The fraction of sp³-hybridized carbons (Fsp3) is 0.583. The molecular weight excluding hydrogens is 202 g/mol. The molecule has 0 aromatic carbocycles. The van der Waals surface area contributed by atoms with Crippen LogP contribution in [-0.2, 0) is 18.4 Å². The van der Waals surface area contributed by atoms with Crippen LogP contribution in [0.1, 0.15) is 26.0 Å². The van der Waals surface area contributed by atoms with Crippen LogP contribution in [0.2, 0.25) is 0 Å². The van der Waals surface area contributed by atoms with Gasteiger partial charge in [-0.3, -0.25) is 4.79 Å². The fourth-order valence-electron chi connectivity index (χ4n) is 1.49. The number of carbonyl (C=O) groups excluding carboxylic acids is 1. The Morgan fingerprint density at radius 3 is 2.81 bits per heavy atom. The molecule has 4 nitrogen and oxygen atoms in total. The monoisotopic (exact) mass is 223 g/mol. The quantitative estimate of drug-likeness (QED) is 0.782. The minimum absolute atomic E-state index is 0.0736. The Bertz CT molecular complexity index is 346. The van der Waals surface area contributed by atoms with E-state index >= 15 is 0 Å². The number of nitrogens with one attached hydrogen (secondary N) is 1. The molecule has 2 unspecified atom stereocenters. The van der Waals surface area contributed by atoms with Gasteiger partial charge in [0, 0.05) is 18.9 Å². The summed E-state index contributed by atoms with van der Waals surface area (Å²) in [6.07, 6.45) is 2.87. The molecule has 0 radical (unpaired) electrons. The van der Waals surface area contributed by atoms with E-state index in [1.165, 1.54) is 0 Å². The van der Waals surface area contributed by atoms with Gasteiger partial charge in [0.1, 0.15) is 0 Å². The smallest absolute Gasteiger partial charge is 0.237 e. The number of aromatic nitrogens is 1. The van der Waals surface area contributed by atoms with Crippen LogP contribution in [0.3, 0.4) is 0 Å². The number of nitrogens with zero attached hydrogens (tertiary/aromatic N) is 1. The molecule has 4 heteroatoms. The number of carbonyl (C=O) groups is 1. The third-order valence-electron chi connectivity index (χ3n) is 3.05. The molecule has 1 rings (SSSR count). The SMILES string of the molecule is CCC(C)C(N)C(=O)NCc1cccn1C. The fourth-order valence-corrected chi connectivity index (χ4v) is 1.49. The van der Waals surface area contributed by atoms with E-state index in [4.69, 9.17) is 5.73 Å². The Balaban J connectivity index is 2.44. The van der Waals surface area contributed by atoms with Crippen LogP contribution in [0.25, 0.3) is 0 Å². The van der Waals surface area contributed by atoms with Crippen LogP contribution in [0, 0.1) is 5.92 Å². The average molecular weight is 223 g/mol. The number of hydrogen-bond donors (Lipinski definition) is 2. The van der Waals surface area contributed by atoms with Crippen LogP contribution in [0.15, 0.2) is 18.3 Å². The number of amides is 1. The van der Waals surface area contributed by atoms with Crippen LogP contribution in [0.4, 0.5) is 0 Å². The van der Waals surface area contributed by atoms with Gasteiger partial charge in [-0.15, -0.1) is 0 Å². The lowest BCUT2D eigenvalue weighted by Gasteiger charge is -2.17. The first-order valence-electron chi connectivity index (χ1n) is 5.69. The van der Waals surface area contributed by atoms with Crippen molar-refractivity contribution in [2.24, 2.45) is 18.7 Å². The lowest BCUT2D eigenvalue weighted by molar-refractivity contribution is -0.123. The van der Waals surface area contributed by atoms with Crippen LogP contribution in [0.5, 0.6) is 0 Å². The van der Waals surface area contributed by atoms with Crippen molar-refractivity contribution in [3.05, 3.63) is 24.0 Å². The van der Waals surface area contributed by atoms with Crippen molar-refractivity contribution in [3.8, 4) is 0 Å². The van der Waals surface area contributed by atoms with E-state index in [1.54, 1.807) is 0 Å². The van der Waals surface area contributed by atoms with E-state index in [-0.39, 0.29) is 11.8 Å². The maximum absolute atomic E-state index is 11.7. The average Bonchev–Trinajstić information content (AvgIpc) is 2.69. The van der Waals surface area contributed by atoms with Gasteiger partial charge < -0.3 is 15.6 Å². The van der Waals surface area contributed by atoms with Gasteiger partial charge in [-0.2, -0.15) is 0 Å². The molecule has 2 atom stereocenters. The molecule has 0 spiro atoms. The van der Waals surface area contributed by atoms with E-state index in [2.05, 4.69) is 5.32 Å². The Kier molecular flexibility index (Phi) is 4.55. The highest BCUT2D eigenvalue weighted by Crippen LogP contribution is 2.05. The number of hydrogen-bond acceptors (Lipinski definition) is 2. The van der Waals surface area contributed by atoms with Gasteiger partial charge in [0.15, 0.2) is 0 Å². The second-order valence-corrected chi connectivity index (χ2v) is 4.24. The zero-order valence-electron chi connectivity index (χ0n) is 10.2. The summed E-state index contributed by atoms with van der Waals surface area (Å²) < 4.78 is 1.98. The molecule has 3 N–H and O–H groups in total. The van der Waals surface area contributed by atoms with Gasteiger partial charge >= 0.3 is 0 Å². The normalized spacial score (nSPS) is 14.5. The molecule has 1 aromatic rings. The molecule has 0 saturated carbocycles. The van der Waals surface area contributed by atoms with Crippen molar-refractivity contribution in [1.82, 2.24) is 9.88 Å². The van der Waals surface area contributed by atoms with Crippen LogP contribution < -0.4 is 11.1 Å². The first kappa shape index (κ1) is 12.8. The van der Waals surface area contributed by atoms with Gasteiger partial charge in [-0.1, -0.05) is 20.3 Å². The third kappa shape index (κ3) is 3.10. The van der Waals surface area contributed by atoms with Crippen molar-refractivity contribution in [2.75, 3.05) is 0 Å². The third-order valence-corrected chi connectivity index (χ3v) is 3.05. The summed E-state index contributed by atoms with van der Waals surface area (Å²) in [4.78, 5) is 11.7. The lowest BCUT2D eigenvalue weighted by Crippen LogP contribution is -2.44. The van der Waals surface area contributed by atoms with E-state index in [9.17, 15) is 4.79 Å². The van der Waals surface area contributed by atoms with Crippen molar-refractivity contribution < 1.29 is 4.79 Å². The molecule has 1 aromatic heterocycles. The second kappa shape index (κ2) is 5.70. The standard InChI is InChI=1S/C12H21N3O/c1-4-9(2)11(13)12(16)14-8-10-6-5-7-15(10)3/h5-7,9,11H,4,8,13H2,1-3H3,(H,14,16). The van der Waals surface area contributed by atoms with Crippen LogP contribution in [-0.4, -0.2) is 16.5 Å². The summed E-state index contributed by atoms with van der Waals surface area (Å²) in [5.41, 5.74) is 6.90. The number of aryl methyl sites for hydroxylation is 1. The van der Waals surface area contributed by atoms with E-state index in [0.717, 1.165) is 12.1 Å². The summed E-state index contributed by atoms with van der Waals surface area (Å²) in [6.45, 7) is 4.56. The van der Waals surface area contributed by atoms with Gasteiger partial charge in [-0.25, -0.2) is 0 Å².